The SMILES string of the molecule is CCc1cc(Oc2cc(C)ncc2CCl)ccc1Cl. The van der Waals surface area contributed by atoms with Crippen LogP contribution < -0.4 is 4.74 Å². The highest BCUT2D eigenvalue weighted by Gasteiger charge is 2.07. The Labute approximate surface area is 123 Å². The summed E-state index contributed by atoms with van der Waals surface area (Å²) in [5.41, 5.74) is 2.84. The topological polar surface area (TPSA) is 22.1 Å². The second-order valence-corrected chi connectivity index (χ2v) is 4.95. The van der Waals surface area contributed by atoms with Gasteiger partial charge in [0.1, 0.15) is 11.5 Å². The molecule has 19 heavy (non-hydrogen) atoms. The Bertz CT molecular complexity index is 584. The molecule has 1 heterocycles. The van der Waals surface area contributed by atoms with Crippen molar-refractivity contribution in [2.24, 2.45) is 0 Å². The summed E-state index contributed by atoms with van der Waals surface area (Å²) in [5, 5.41) is 0.762. The van der Waals surface area contributed by atoms with E-state index >= 15 is 0 Å². The third kappa shape index (κ3) is 3.40. The quantitative estimate of drug-likeness (QED) is 0.729. The van der Waals surface area contributed by atoms with E-state index in [-0.39, 0.29) is 0 Å². The van der Waals surface area contributed by atoms with E-state index in [1.54, 1.807) is 6.20 Å². The van der Waals surface area contributed by atoms with E-state index in [9.17, 15) is 0 Å². The average molecular weight is 296 g/mol. The second-order valence-electron chi connectivity index (χ2n) is 4.28. The molecule has 0 unspecified atom stereocenters. The largest absolute Gasteiger partial charge is 0.457 e. The van der Waals surface area contributed by atoms with Crippen molar-refractivity contribution in [1.82, 2.24) is 4.98 Å². The molecule has 0 bridgehead atoms. The molecular weight excluding hydrogens is 281 g/mol. The number of hydrogen-bond acceptors (Lipinski definition) is 2. The third-order valence-electron chi connectivity index (χ3n) is 2.85. The first-order valence-corrected chi connectivity index (χ1v) is 7.03. The first-order chi connectivity index (χ1) is 9.13. The van der Waals surface area contributed by atoms with Gasteiger partial charge in [0.25, 0.3) is 0 Å². The lowest BCUT2D eigenvalue weighted by molar-refractivity contribution is 0.476. The van der Waals surface area contributed by atoms with Crippen molar-refractivity contribution < 1.29 is 4.74 Å². The van der Waals surface area contributed by atoms with Gasteiger partial charge in [0.05, 0.1) is 5.88 Å². The Hall–Kier alpha value is -1.25. The fraction of sp³-hybridized carbons (Fsp3) is 0.267. The minimum atomic E-state index is 0.372. The molecule has 0 N–H and O–H groups in total. The Morgan fingerprint density at radius 2 is 2.00 bits per heavy atom. The van der Waals surface area contributed by atoms with Gasteiger partial charge in [-0.15, -0.1) is 11.6 Å². The Morgan fingerprint density at radius 1 is 1.21 bits per heavy atom. The van der Waals surface area contributed by atoms with E-state index in [2.05, 4.69) is 11.9 Å². The lowest BCUT2D eigenvalue weighted by Gasteiger charge is -2.11. The van der Waals surface area contributed by atoms with E-state index in [0.29, 0.717) is 5.88 Å². The van der Waals surface area contributed by atoms with E-state index in [1.807, 2.05) is 31.2 Å². The third-order valence-corrected chi connectivity index (χ3v) is 3.51. The van der Waals surface area contributed by atoms with Crippen LogP contribution in [0, 0.1) is 6.92 Å². The molecule has 0 radical (unpaired) electrons. The van der Waals surface area contributed by atoms with Gasteiger partial charge >= 0.3 is 0 Å². The monoisotopic (exact) mass is 295 g/mol. The Morgan fingerprint density at radius 3 is 2.68 bits per heavy atom. The number of alkyl halides is 1. The predicted molar refractivity (Wildman–Crippen MR) is 79.4 cm³/mol. The van der Waals surface area contributed by atoms with E-state index in [4.69, 9.17) is 27.9 Å². The molecule has 0 spiro atoms. The summed E-state index contributed by atoms with van der Waals surface area (Å²) in [5.74, 6) is 1.88. The number of hydrogen-bond donors (Lipinski definition) is 0. The summed E-state index contributed by atoms with van der Waals surface area (Å²) in [6.07, 6.45) is 2.61. The molecule has 0 aliphatic rings. The molecular formula is C15H15Cl2NO. The zero-order chi connectivity index (χ0) is 13.8. The highest BCUT2D eigenvalue weighted by Crippen LogP contribution is 2.29. The molecule has 4 heteroatoms. The summed E-state index contributed by atoms with van der Waals surface area (Å²) >= 11 is 12.0. The van der Waals surface area contributed by atoms with Crippen molar-refractivity contribution in [3.63, 3.8) is 0 Å². The summed E-state index contributed by atoms with van der Waals surface area (Å²) in [4.78, 5) is 4.21. The number of halogens is 2. The second kappa shape index (κ2) is 6.27. The lowest BCUT2D eigenvalue weighted by atomic mass is 10.1. The average Bonchev–Trinajstić information content (AvgIpc) is 2.41. The fourth-order valence-electron chi connectivity index (χ4n) is 1.77. The van der Waals surface area contributed by atoms with Crippen molar-refractivity contribution in [1.29, 1.82) is 0 Å². The number of aromatic nitrogens is 1. The van der Waals surface area contributed by atoms with Crippen LogP contribution in [-0.2, 0) is 12.3 Å². The minimum absolute atomic E-state index is 0.372. The molecule has 0 fully saturated rings. The standard InChI is InChI=1S/C15H15Cl2NO/c1-3-11-7-13(4-5-14(11)17)19-15-6-10(2)18-9-12(15)8-16/h4-7,9H,3,8H2,1-2H3. The van der Waals surface area contributed by atoms with Crippen LogP contribution in [0.25, 0.3) is 0 Å². The molecule has 1 aromatic heterocycles. The highest BCUT2D eigenvalue weighted by atomic mass is 35.5. The zero-order valence-corrected chi connectivity index (χ0v) is 12.4. The summed E-state index contributed by atoms with van der Waals surface area (Å²) in [7, 11) is 0. The molecule has 0 saturated heterocycles. The number of ether oxygens (including phenoxy) is 1. The van der Waals surface area contributed by atoms with Crippen LogP contribution in [-0.4, -0.2) is 4.98 Å². The van der Waals surface area contributed by atoms with Crippen LogP contribution in [0.4, 0.5) is 0 Å². The Balaban J connectivity index is 2.33. The smallest absolute Gasteiger partial charge is 0.135 e. The summed E-state index contributed by atoms with van der Waals surface area (Å²) in [6.45, 7) is 3.98. The van der Waals surface area contributed by atoms with E-state index in [0.717, 1.165) is 39.8 Å². The van der Waals surface area contributed by atoms with Crippen LogP contribution in [0.2, 0.25) is 5.02 Å². The molecule has 0 atom stereocenters. The van der Waals surface area contributed by atoms with Crippen LogP contribution in [0.3, 0.4) is 0 Å². The van der Waals surface area contributed by atoms with Crippen molar-refractivity contribution >= 4 is 23.2 Å². The minimum Gasteiger partial charge on any atom is -0.457 e. The van der Waals surface area contributed by atoms with Gasteiger partial charge < -0.3 is 4.74 Å². The maximum atomic E-state index is 6.10. The van der Waals surface area contributed by atoms with Crippen LogP contribution in [0.15, 0.2) is 30.5 Å². The number of pyridine rings is 1. The molecule has 2 aromatic rings. The van der Waals surface area contributed by atoms with Crippen LogP contribution in [0.1, 0.15) is 23.7 Å². The van der Waals surface area contributed by atoms with Crippen molar-refractivity contribution in [2.45, 2.75) is 26.1 Å². The molecule has 0 amide bonds. The predicted octanol–water partition coefficient (Wildman–Crippen LogP) is 5.14. The molecule has 2 rings (SSSR count). The number of benzene rings is 1. The van der Waals surface area contributed by atoms with Gasteiger partial charge in [-0.2, -0.15) is 0 Å². The zero-order valence-electron chi connectivity index (χ0n) is 10.9. The highest BCUT2D eigenvalue weighted by molar-refractivity contribution is 6.31. The number of nitrogens with zero attached hydrogens (tertiary/aromatic N) is 1. The fourth-order valence-corrected chi connectivity index (χ4v) is 2.22. The van der Waals surface area contributed by atoms with Crippen molar-refractivity contribution in [3.05, 3.63) is 52.3 Å². The van der Waals surface area contributed by atoms with Gasteiger partial charge in [-0.3, -0.25) is 4.98 Å². The van der Waals surface area contributed by atoms with Crippen molar-refractivity contribution in [2.75, 3.05) is 0 Å². The maximum Gasteiger partial charge on any atom is 0.135 e. The number of rotatable bonds is 4. The molecule has 1 aromatic carbocycles. The normalized spacial score (nSPS) is 10.5. The van der Waals surface area contributed by atoms with Gasteiger partial charge in [0, 0.05) is 28.5 Å². The van der Waals surface area contributed by atoms with Crippen molar-refractivity contribution in [3.8, 4) is 11.5 Å². The number of aryl methyl sites for hydroxylation is 2. The lowest BCUT2D eigenvalue weighted by Crippen LogP contribution is -1.94. The molecule has 0 aliphatic heterocycles. The van der Waals surface area contributed by atoms with Crippen LogP contribution >= 0.6 is 23.2 Å². The van der Waals surface area contributed by atoms with Gasteiger partial charge in [0.15, 0.2) is 0 Å². The van der Waals surface area contributed by atoms with E-state index < -0.39 is 0 Å². The van der Waals surface area contributed by atoms with Gasteiger partial charge in [-0.25, -0.2) is 0 Å². The molecule has 0 aliphatic carbocycles. The van der Waals surface area contributed by atoms with Gasteiger partial charge in [-0.1, -0.05) is 18.5 Å². The first kappa shape index (κ1) is 14.2. The first-order valence-electron chi connectivity index (χ1n) is 6.11. The molecule has 2 nitrogen and oxygen atoms in total. The van der Waals surface area contributed by atoms with Gasteiger partial charge in [0.2, 0.25) is 0 Å². The summed E-state index contributed by atoms with van der Waals surface area (Å²) in [6, 6.07) is 7.55. The Kier molecular flexibility index (Phi) is 4.67. The van der Waals surface area contributed by atoms with Crippen LogP contribution in [0.5, 0.6) is 11.5 Å². The molecule has 0 saturated carbocycles. The van der Waals surface area contributed by atoms with E-state index in [1.165, 1.54) is 0 Å². The van der Waals surface area contributed by atoms with Gasteiger partial charge in [-0.05, 0) is 37.1 Å². The maximum absolute atomic E-state index is 6.10. The summed E-state index contributed by atoms with van der Waals surface area (Å²) < 4.78 is 5.90. The molecule has 100 valence electrons.